The van der Waals surface area contributed by atoms with E-state index in [-0.39, 0.29) is 6.10 Å². The van der Waals surface area contributed by atoms with Crippen LogP contribution in [-0.2, 0) is 6.54 Å². The maximum absolute atomic E-state index is 9.60. The number of hydrogen-bond acceptors (Lipinski definition) is 2. The van der Waals surface area contributed by atoms with E-state index in [9.17, 15) is 5.11 Å². The van der Waals surface area contributed by atoms with Crippen LogP contribution >= 0.6 is 15.9 Å². The molecule has 0 amide bonds. The Morgan fingerprint density at radius 3 is 3.00 bits per heavy atom. The van der Waals surface area contributed by atoms with Gasteiger partial charge in [-0.25, -0.2) is 0 Å². The van der Waals surface area contributed by atoms with Crippen LogP contribution in [0.15, 0.2) is 28.7 Å². The minimum atomic E-state index is -0.0681. The molecule has 1 aromatic carbocycles. The lowest BCUT2D eigenvalue weighted by Crippen LogP contribution is -2.28. The highest BCUT2D eigenvalue weighted by Gasteiger charge is 2.19. The molecule has 0 aliphatic heterocycles. The molecule has 17 heavy (non-hydrogen) atoms. The van der Waals surface area contributed by atoms with E-state index >= 15 is 0 Å². The summed E-state index contributed by atoms with van der Waals surface area (Å²) in [6, 6.07) is 8.38. The predicted octanol–water partition coefficient (Wildman–Crippen LogP) is 3.09. The minimum Gasteiger partial charge on any atom is -0.393 e. The molecule has 1 saturated carbocycles. The van der Waals surface area contributed by atoms with Crippen LogP contribution in [0.1, 0.15) is 31.2 Å². The highest BCUT2D eigenvalue weighted by Crippen LogP contribution is 2.23. The molecule has 2 atom stereocenters. The summed E-state index contributed by atoms with van der Waals surface area (Å²) in [6.45, 7) is 1.93. The van der Waals surface area contributed by atoms with Gasteiger partial charge in [0.25, 0.3) is 0 Å². The number of halogens is 1. The van der Waals surface area contributed by atoms with Crippen molar-refractivity contribution in [3.05, 3.63) is 34.3 Å². The van der Waals surface area contributed by atoms with Crippen molar-refractivity contribution in [2.75, 3.05) is 6.54 Å². The molecule has 1 aliphatic carbocycles. The number of benzene rings is 1. The Bertz CT molecular complexity index is 356. The van der Waals surface area contributed by atoms with E-state index in [1.165, 1.54) is 18.4 Å². The average Bonchev–Trinajstić information content (AvgIpc) is 2.29. The second-order valence-electron chi connectivity index (χ2n) is 4.95. The smallest absolute Gasteiger partial charge is 0.0543 e. The van der Waals surface area contributed by atoms with Gasteiger partial charge in [-0.05, 0) is 49.4 Å². The van der Waals surface area contributed by atoms with Gasteiger partial charge in [-0.15, -0.1) is 0 Å². The standard InChI is InChI=1S/C14H20BrNO/c15-13-5-1-3-11(7-13)9-16-10-12-4-2-6-14(17)8-12/h1,3,5,7,12,14,16-17H,2,4,6,8-10H2. The van der Waals surface area contributed by atoms with Crippen LogP contribution in [0.4, 0.5) is 0 Å². The largest absolute Gasteiger partial charge is 0.393 e. The molecule has 2 unspecified atom stereocenters. The van der Waals surface area contributed by atoms with Crippen LogP contribution in [0.2, 0.25) is 0 Å². The summed E-state index contributed by atoms with van der Waals surface area (Å²) in [7, 11) is 0. The SMILES string of the molecule is OC1CCCC(CNCc2cccc(Br)c2)C1. The molecule has 1 fully saturated rings. The first kappa shape index (κ1) is 13.1. The van der Waals surface area contributed by atoms with Crippen molar-refractivity contribution in [2.45, 2.75) is 38.3 Å². The molecule has 2 N–H and O–H groups in total. The minimum absolute atomic E-state index is 0.0681. The normalized spacial score (nSPS) is 24.8. The Kier molecular flexibility index (Phi) is 5.01. The fourth-order valence-electron chi connectivity index (χ4n) is 2.52. The predicted molar refractivity (Wildman–Crippen MR) is 73.8 cm³/mol. The Morgan fingerprint density at radius 1 is 1.35 bits per heavy atom. The highest BCUT2D eigenvalue weighted by molar-refractivity contribution is 9.10. The number of hydrogen-bond donors (Lipinski definition) is 2. The van der Waals surface area contributed by atoms with Crippen LogP contribution in [0.3, 0.4) is 0 Å². The zero-order valence-electron chi connectivity index (χ0n) is 10.0. The van der Waals surface area contributed by atoms with E-state index < -0.39 is 0 Å². The summed E-state index contributed by atoms with van der Waals surface area (Å²) >= 11 is 3.48. The van der Waals surface area contributed by atoms with Crippen molar-refractivity contribution < 1.29 is 5.11 Å². The molecule has 1 aromatic rings. The molecule has 0 radical (unpaired) electrons. The molecular formula is C14H20BrNO. The molecule has 1 aliphatic rings. The van der Waals surface area contributed by atoms with Crippen LogP contribution in [-0.4, -0.2) is 17.8 Å². The van der Waals surface area contributed by atoms with Crippen molar-refractivity contribution in [1.82, 2.24) is 5.32 Å². The van der Waals surface area contributed by atoms with E-state index in [1.54, 1.807) is 0 Å². The van der Waals surface area contributed by atoms with Crippen molar-refractivity contribution in [3.8, 4) is 0 Å². The number of rotatable bonds is 4. The quantitative estimate of drug-likeness (QED) is 0.895. The number of nitrogens with one attached hydrogen (secondary N) is 1. The summed E-state index contributed by atoms with van der Waals surface area (Å²) in [5.74, 6) is 0.644. The van der Waals surface area contributed by atoms with Crippen molar-refractivity contribution in [3.63, 3.8) is 0 Å². The van der Waals surface area contributed by atoms with Gasteiger partial charge in [0.2, 0.25) is 0 Å². The van der Waals surface area contributed by atoms with Gasteiger partial charge in [-0.1, -0.05) is 34.5 Å². The van der Waals surface area contributed by atoms with Gasteiger partial charge in [-0.2, -0.15) is 0 Å². The summed E-state index contributed by atoms with van der Waals surface area (Å²) in [5, 5.41) is 13.1. The lowest BCUT2D eigenvalue weighted by Gasteiger charge is -2.26. The molecule has 3 heteroatoms. The lowest BCUT2D eigenvalue weighted by atomic mass is 9.87. The van der Waals surface area contributed by atoms with Gasteiger partial charge >= 0.3 is 0 Å². The van der Waals surface area contributed by atoms with Gasteiger partial charge in [0.15, 0.2) is 0 Å². The molecule has 2 nitrogen and oxygen atoms in total. The van der Waals surface area contributed by atoms with E-state index in [2.05, 4.69) is 39.4 Å². The topological polar surface area (TPSA) is 32.3 Å². The van der Waals surface area contributed by atoms with Crippen LogP contribution < -0.4 is 5.32 Å². The van der Waals surface area contributed by atoms with Crippen LogP contribution in [0, 0.1) is 5.92 Å². The van der Waals surface area contributed by atoms with Crippen molar-refractivity contribution in [2.24, 2.45) is 5.92 Å². The second kappa shape index (κ2) is 6.53. The fourth-order valence-corrected chi connectivity index (χ4v) is 2.96. The van der Waals surface area contributed by atoms with E-state index in [0.29, 0.717) is 5.92 Å². The third-order valence-corrected chi connectivity index (χ3v) is 3.90. The summed E-state index contributed by atoms with van der Waals surface area (Å²) < 4.78 is 1.13. The summed E-state index contributed by atoms with van der Waals surface area (Å²) in [5.41, 5.74) is 1.30. The number of aliphatic hydroxyl groups is 1. The van der Waals surface area contributed by atoms with E-state index in [0.717, 1.165) is 30.4 Å². The first-order valence-electron chi connectivity index (χ1n) is 6.37. The molecule has 0 heterocycles. The Labute approximate surface area is 112 Å². The zero-order valence-corrected chi connectivity index (χ0v) is 11.6. The third-order valence-electron chi connectivity index (χ3n) is 3.41. The first-order chi connectivity index (χ1) is 8.24. The van der Waals surface area contributed by atoms with Crippen LogP contribution in [0.5, 0.6) is 0 Å². The Morgan fingerprint density at radius 2 is 2.24 bits per heavy atom. The third kappa shape index (κ3) is 4.41. The van der Waals surface area contributed by atoms with E-state index in [1.807, 2.05) is 6.07 Å². The summed E-state index contributed by atoms with van der Waals surface area (Å²) in [6.07, 6.45) is 4.31. The van der Waals surface area contributed by atoms with Gasteiger partial charge in [-0.3, -0.25) is 0 Å². The van der Waals surface area contributed by atoms with Gasteiger partial charge < -0.3 is 10.4 Å². The molecule has 0 spiro atoms. The van der Waals surface area contributed by atoms with Crippen LogP contribution in [0.25, 0.3) is 0 Å². The average molecular weight is 298 g/mol. The molecule has 2 rings (SSSR count). The van der Waals surface area contributed by atoms with Gasteiger partial charge in [0.05, 0.1) is 6.10 Å². The van der Waals surface area contributed by atoms with Crippen molar-refractivity contribution in [1.29, 1.82) is 0 Å². The van der Waals surface area contributed by atoms with Crippen molar-refractivity contribution >= 4 is 15.9 Å². The maximum atomic E-state index is 9.60. The Balaban J connectivity index is 1.72. The summed E-state index contributed by atoms with van der Waals surface area (Å²) in [4.78, 5) is 0. The maximum Gasteiger partial charge on any atom is 0.0543 e. The van der Waals surface area contributed by atoms with Gasteiger partial charge in [0.1, 0.15) is 0 Å². The molecule has 0 bridgehead atoms. The molecular weight excluding hydrogens is 278 g/mol. The molecule has 0 saturated heterocycles. The number of aliphatic hydroxyl groups excluding tert-OH is 1. The first-order valence-corrected chi connectivity index (χ1v) is 7.16. The highest BCUT2D eigenvalue weighted by atomic mass is 79.9. The molecule has 94 valence electrons. The monoisotopic (exact) mass is 297 g/mol. The second-order valence-corrected chi connectivity index (χ2v) is 5.86. The fraction of sp³-hybridized carbons (Fsp3) is 0.571. The van der Waals surface area contributed by atoms with Gasteiger partial charge in [0, 0.05) is 11.0 Å². The Hall–Kier alpha value is -0.380. The molecule has 0 aromatic heterocycles. The zero-order chi connectivity index (χ0) is 12.1. The van der Waals surface area contributed by atoms with E-state index in [4.69, 9.17) is 0 Å². The lowest BCUT2D eigenvalue weighted by molar-refractivity contribution is 0.101.